The molecule has 0 saturated carbocycles. The SMILES string of the molecule is Cc1cc(C)n(-c2nc(N3CCC(C)CC3)c3c4c(sc3n2)COC(C)(C)C4)n1. The molecule has 0 bridgehead atoms. The van der Waals surface area contributed by atoms with Crippen LogP contribution < -0.4 is 4.90 Å². The molecule has 6 nitrogen and oxygen atoms in total. The number of thiophene rings is 1. The Kier molecular flexibility index (Phi) is 4.44. The summed E-state index contributed by atoms with van der Waals surface area (Å²) >= 11 is 1.76. The normalized spacial score (nSPS) is 19.7. The Balaban J connectivity index is 1.71. The fourth-order valence-electron chi connectivity index (χ4n) is 4.49. The van der Waals surface area contributed by atoms with Gasteiger partial charge in [0.15, 0.2) is 0 Å². The average molecular weight is 412 g/mol. The minimum Gasteiger partial charge on any atom is -0.370 e. The van der Waals surface area contributed by atoms with Crippen molar-refractivity contribution in [3.63, 3.8) is 0 Å². The van der Waals surface area contributed by atoms with Gasteiger partial charge in [-0.3, -0.25) is 0 Å². The molecule has 3 aromatic rings. The molecule has 0 radical (unpaired) electrons. The minimum absolute atomic E-state index is 0.150. The van der Waals surface area contributed by atoms with Crippen molar-refractivity contribution in [1.29, 1.82) is 0 Å². The van der Waals surface area contributed by atoms with Gasteiger partial charge in [0.2, 0.25) is 0 Å². The van der Waals surface area contributed by atoms with Gasteiger partial charge >= 0.3 is 0 Å². The number of fused-ring (bicyclic) bond motifs is 3. The lowest BCUT2D eigenvalue weighted by atomic mass is 9.93. The first-order valence-electron chi connectivity index (χ1n) is 10.6. The predicted octanol–water partition coefficient (Wildman–Crippen LogP) is 4.58. The van der Waals surface area contributed by atoms with Crippen LogP contribution in [-0.2, 0) is 17.8 Å². The van der Waals surface area contributed by atoms with E-state index in [4.69, 9.17) is 14.7 Å². The lowest BCUT2D eigenvalue weighted by Gasteiger charge is -2.33. The lowest BCUT2D eigenvalue weighted by molar-refractivity contribution is -0.0379. The van der Waals surface area contributed by atoms with E-state index >= 15 is 0 Å². The van der Waals surface area contributed by atoms with Crippen LogP contribution in [0.3, 0.4) is 0 Å². The zero-order chi connectivity index (χ0) is 20.3. The van der Waals surface area contributed by atoms with Gasteiger partial charge in [0.25, 0.3) is 5.95 Å². The third-order valence-electron chi connectivity index (χ3n) is 6.18. The molecule has 3 aromatic heterocycles. The predicted molar refractivity (Wildman–Crippen MR) is 117 cm³/mol. The minimum atomic E-state index is -0.150. The van der Waals surface area contributed by atoms with Crippen LogP contribution in [0.5, 0.6) is 0 Å². The molecule has 1 saturated heterocycles. The summed E-state index contributed by atoms with van der Waals surface area (Å²) < 4.78 is 7.97. The van der Waals surface area contributed by atoms with E-state index in [1.165, 1.54) is 28.7 Å². The van der Waals surface area contributed by atoms with Crippen LogP contribution in [0.15, 0.2) is 6.07 Å². The van der Waals surface area contributed by atoms with E-state index in [2.05, 4.69) is 43.8 Å². The van der Waals surface area contributed by atoms with E-state index in [-0.39, 0.29) is 5.60 Å². The van der Waals surface area contributed by atoms with Crippen molar-refractivity contribution < 1.29 is 4.74 Å². The molecule has 5 rings (SSSR count). The number of aromatic nitrogens is 4. The van der Waals surface area contributed by atoms with Crippen LogP contribution >= 0.6 is 11.3 Å². The molecule has 2 aliphatic heterocycles. The van der Waals surface area contributed by atoms with Crippen molar-refractivity contribution in [2.45, 2.75) is 66.1 Å². The lowest BCUT2D eigenvalue weighted by Crippen LogP contribution is -2.34. The molecule has 0 N–H and O–H groups in total. The quantitative estimate of drug-likeness (QED) is 0.618. The van der Waals surface area contributed by atoms with Gasteiger partial charge in [-0.2, -0.15) is 15.1 Å². The summed E-state index contributed by atoms with van der Waals surface area (Å²) in [5.41, 5.74) is 3.28. The molecule has 0 amide bonds. The molecular formula is C22H29N5OS. The van der Waals surface area contributed by atoms with E-state index in [0.29, 0.717) is 12.6 Å². The molecule has 29 heavy (non-hydrogen) atoms. The molecule has 1 fully saturated rings. The van der Waals surface area contributed by atoms with Crippen LogP contribution in [0.1, 0.15) is 55.4 Å². The number of piperidine rings is 1. The van der Waals surface area contributed by atoms with Crippen LogP contribution in [0.25, 0.3) is 16.2 Å². The smallest absolute Gasteiger partial charge is 0.254 e. The number of hydrogen-bond acceptors (Lipinski definition) is 6. The third kappa shape index (κ3) is 3.34. The molecular weight excluding hydrogens is 382 g/mol. The molecule has 154 valence electrons. The van der Waals surface area contributed by atoms with E-state index in [0.717, 1.165) is 47.5 Å². The van der Waals surface area contributed by atoms with Crippen molar-refractivity contribution in [3.8, 4) is 5.95 Å². The van der Waals surface area contributed by atoms with Crippen molar-refractivity contribution in [2.24, 2.45) is 5.92 Å². The highest BCUT2D eigenvalue weighted by Crippen LogP contribution is 2.42. The maximum atomic E-state index is 6.09. The van der Waals surface area contributed by atoms with Gasteiger partial charge in [0.1, 0.15) is 10.6 Å². The Hall–Kier alpha value is -1.99. The molecule has 0 spiro atoms. The van der Waals surface area contributed by atoms with E-state index in [9.17, 15) is 0 Å². The number of nitrogens with zero attached hydrogens (tertiary/aromatic N) is 5. The second-order valence-electron chi connectivity index (χ2n) is 9.26. The molecule has 2 aliphatic rings. The largest absolute Gasteiger partial charge is 0.370 e. The Morgan fingerprint density at radius 1 is 1.17 bits per heavy atom. The Labute approximate surface area is 175 Å². The Bertz CT molecular complexity index is 1070. The summed E-state index contributed by atoms with van der Waals surface area (Å²) in [5, 5.41) is 5.88. The highest BCUT2D eigenvalue weighted by Gasteiger charge is 2.32. The van der Waals surface area contributed by atoms with Crippen molar-refractivity contribution in [3.05, 3.63) is 27.9 Å². The van der Waals surface area contributed by atoms with Gasteiger partial charge in [-0.25, -0.2) is 4.68 Å². The molecule has 0 aliphatic carbocycles. The fraction of sp³-hybridized carbons (Fsp3) is 0.591. The van der Waals surface area contributed by atoms with Gasteiger partial charge in [0, 0.05) is 30.1 Å². The van der Waals surface area contributed by atoms with Gasteiger partial charge < -0.3 is 9.64 Å². The van der Waals surface area contributed by atoms with Crippen molar-refractivity contribution >= 4 is 27.4 Å². The van der Waals surface area contributed by atoms with Crippen molar-refractivity contribution in [2.75, 3.05) is 18.0 Å². The topological polar surface area (TPSA) is 56.1 Å². The summed E-state index contributed by atoms with van der Waals surface area (Å²) in [6, 6.07) is 2.08. The number of rotatable bonds is 2. The maximum Gasteiger partial charge on any atom is 0.254 e. The maximum absolute atomic E-state index is 6.09. The first-order chi connectivity index (χ1) is 13.8. The third-order valence-corrected chi connectivity index (χ3v) is 7.28. The van der Waals surface area contributed by atoms with Crippen molar-refractivity contribution in [1.82, 2.24) is 19.7 Å². The van der Waals surface area contributed by atoms with E-state index in [1.807, 2.05) is 11.6 Å². The summed E-state index contributed by atoms with van der Waals surface area (Å²) in [7, 11) is 0. The summed E-state index contributed by atoms with van der Waals surface area (Å²) in [4.78, 5) is 14.9. The zero-order valence-electron chi connectivity index (χ0n) is 17.9. The molecule has 0 aromatic carbocycles. The van der Waals surface area contributed by atoms with Crippen LogP contribution in [0.4, 0.5) is 5.82 Å². The molecule has 0 unspecified atom stereocenters. The summed E-state index contributed by atoms with van der Waals surface area (Å²) in [5.74, 6) is 2.54. The monoisotopic (exact) mass is 411 g/mol. The van der Waals surface area contributed by atoms with Gasteiger partial charge in [-0.15, -0.1) is 11.3 Å². The molecule has 0 atom stereocenters. The zero-order valence-corrected chi connectivity index (χ0v) is 18.8. The first-order valence-corrected chi connectivity index (χ1v) is 11.4. The standard InChI is InChI=1S/C22H29N5OS/c1-13-6-8-26(9-7-13)19-18-16-11-22(4,5)28-12-17(16)29-20(18)24-21(23-19)27-15(3)10-14(2)25-27/h10,13H,6-9,11-12H2,1-5H3. The Morgan fingerprint density at radius 3 is 2.62 bits per heavy atom. The van der Waals surface area contributed by atoms with Crippen LogP contribution in [0.2, 0.25) is 0 Å². The summed E-state index contributed by atoms with van der Waals surface area (Å²) in [6.45, 7) is 13.5. The van der Waals surface area contributed by atoms with Crippen LogP contribution in [0, 0.1) is 19.8 Å². The van der Waals surface area contributed by atoms with Gasteiger partial charge in [0.05, 0.1) is 23.3 Å². The number of ether oxygens (including phenoxy) is 1. The number of hydrogen-bond donors (Lipinski definition) is 0. The fourth-order valence-corrected chi connectivity index (χ4v) is 5.58. The van der Waals surface area contributed by atoms with Crippen LogP contribution in [-0.4, -0.2) is 38.4 Å². The van der Waals surface area contributed by atoms with E-state index < -0.39 is 0 Å². The second-order valence-corrected chi connectivity index (χ2v) is 10.3. The highest BCUT2D eigenvalue weighted by atomic mass is 32.1. The summed E-state index contributed by atoms with van der Waals surface area (Å²) in [6.07, 6.45) is 3.32. The Morgan fingerprint density at radius 2 is 1.93 bits per heavy atom. The second kappa shape index (κ2) is 6.77. The first kappa shape index (κ1) is 19.0. The van der Waals surface area contributed by atoms with Gasteiger partial charge in [-0.1, -0.05) is 6.92 Å². The van der Waals surface area contributed by atoms with E-state index in [1.54, 1.807) is 11.3 Å². The molecule has 5 heterocycles. The number of aryl methyl sites for hydroxylation is 2. The van der Waals surface area contributed by atoms with Gasteiger partial charge in [-0.05, 0) is 58.1 Å². The number of anilines is 1. The molecule has 7 heteroatoms. The highest BCUT2D eigenvalue weighted by molar-refractivity contribution is 7.19. The average Bonchev–Trinajstić information content (AvgIpc) is 3.19.